The van der Waals surface area contributed by atoms with E-state index in [0.717, 1.165) is 12.0 Å². The molecule has 0 saturated heterocycles. The molecule has 0 aliphatic rings. The lowest BCUT2D eigenvalue weighted by Gasteiger charge is -2.13. The van der Waals surface area contributed by atoms with Crippen LogP contribution in [0, 0.1) is 0 Å². The quantitative estimate of drug-likeness (QED) is 0.432. The third-order valence-electron chi connectivity index (χ3n) is 4.39. The normalized spacial score (nSPS) is 12.2. The van der Waals surface area contributed by atoms with Gasteiger partial charge in [-0.1, -0.05) is 31.2 Å². The number of hydrogen-bond acceptors (Lipinski definition) is 6. The van der Waals surface area contributed by atoms with Crippen LogP contribution in [0.15, 0.2) is 53.4 Å². The predicted molar refractivity (Wildman–Crippen MR) is 113 cm³/mol. The van der Waals surface area contributed by atoms with Gasteiger partial charge in [0.15, 0.2) is 6.10 Å². The van der Waals surface area contributed by atoms with Gasteiger partial charge in [-0.15, -0.1) is 0 Å². The van der Waals surface area contributed by atoms with Crippen LogP contribution in [0.4, 0.5) is 0 Å². The molecule has 1 N–H and O–H groups in total. The number of carbonyl (C=O) groups excluding carboxylic acids is 2. The molecule has 1 atom stereocenters. The SMILES string of the molecule is CCOc1ccc(S(=O)(=O)NCCC(=O)OC(C)C(=O)c2ccc(CC)cc2)cc1. The topological polar surface area (TPSA) is 98.8 Å². The molecular weight excluding hydrogens is 406 g/mol. The van der Waals surface area contributed by atoms with E-state index in [1.54, 1.807) is 24.3 Å². The van der Waals surface area contributed by atoms with Crippen LogP contribution in [0.25, 0.3) is 0 Å². The molecule has 0 saturated carbocycles. The van der Waals surface area contributed by atoms with E-state index >= 15 is 0 Å². The summed E-state index contributed by atoms with van der Waals surface area (Å²) in [4.78, 5) is 24.4. The van der Waals surface area contributed by atoms with Gasteiger partial charge in [0.1, 0.15) is 5.75 Å². The van der Waals surface area contributed by atoms with E-state index < -0.39 is 22.1 Å². The number of ether oxygens (including phenoxy) is 2. The van der Waals surface area contributed by atoms with E-state index in [1.165, 1.54) is 19.1 Å². The van der Waals surface area contributed by atoms with Crippen LogP contribution in [0.2, 0.25) is 0 Å². The molecule has 0 aliphatic heterocycles. The van der Waals surface area contributed by atoms with E-state index in [1.807, 2.05) is 26.0 Å². The first-order valence-electron chi connectivity index (χ1n) is 9.82. The summed E-state index contributed by atoms with van der Waals surface area (Å²) in [6.45, 7) is 5.70. The summed E-state index contributed by atoms with van der Waals surface area (Å²) >= 11 is 0. The number of aryl methyl sites for hydroxylation is 1. The van der Waals surface area contributed by atoms with Gasteiger partial charge in [0.2, 0.25) is 15.8 Å². The minimum Gasteiger partial charge on any atom is -0.494 e. The van der Waals surface area contributed by atoms with Crippen molar-refractivity contribution in [3.8, 4) is 5.75 Å². The molecular formula is C22H27NO6S. The maximum Gasteiger partial charge on any atom is 0.307 e. The number of carbonyl (C=O) groups is 2. The molecule has 0 bridgehead atoms. The third-order valence-corrected chi connectivity index (χ3v) is 5.87. The molecule has 0 fully saturated rings. The first kappa shape index (κ1) is 23.6. The third kappa shape index (κ3) is 6.67. The van der Waals surface area contributed by atoms with Crippen molar-refractivity contribution < 1.29 is 27.5 Å². The summed E-state index contributed by atoms with van der Waals surface area (Å²) in [5.41, 5.74) is 1.57. The Bertz CT molecular complexity index is 952. The van der Waals surface area contributed by atoms with Crippen molar-refractivity contribution >= 4 is 21.8 Å². The van der Waals surface area contributed by atoms with Crippen molar-refractivity contribution in [2.75, 3.05) is 13.2 Å². The highest BCUT2D eigenvalue weighted by Crippen LogP contribution is 2.16. The van der Waals surface area contributed by atoms with E-state index in [-0.39, 0.29) is 23.6 Å². The van der Waals surface area contributed by atoms with Gasteiger partial charge in [-0.2, -0.15) is 0 Å². The van der Waals surface area contributed by atoms with Gasteiger partial charge in [0, 0.05) is 12.1 Å². The lowest BCUT2D eigenvalue weighted by Crippen LogP contribution is -2.29. The largest absolute Gasteiger partial charge is 0.494 e. The summed E-state index contributed by atoms with van der Waals surface area (Å²) in [5, 5.41) is 0. The predicted octanol–water partition coefficient (Wildman–Crippen LogP) is 3.13. The fourth-order valence-electron chi connectivity index (χ4n) is 2.70. The number of nitrogens with one attached hydrogen (secondary N) is 1. The number of benzene rings is 2. The number of hydrogen-bond donors (Lipinski definition) is 1. The zero-order valence-electron chi connectivity index (χ0n) is 17.4. The molecule has 0 aromatic heterocycles. The molecule has 0 heterocycles. The number of ketones is 1. The van der Waals surface area contributed by atoms with E-state index in [4.69, 9.17) is 9.47 Å². The molecule has 1 unspecified atom stereocenters. The van der Waals surface area contributed by atoms with Gasteiger partial charge in [-0.3, -0.25) is 9.59 Å². The van der Waals surface area contributed by atoms with Gasteiger partial charge in [-0.05, 0) is 50.1 Å². The average Bonchev–Trinajstić information content (AvgIpc) is 2.73. The summed E-state index contributed by atoms with van der Waals surface area (Å²) in [5.74, 6) is -0.389. The molecule has 8 heteroatoms. The molecule has 2 aromatic carbocycles. The molecule has 2 aromatic rings. The monoisotopic (exact) mass is 433 g/mol. The van der Waals surface area contributed by atoms with Crippen molar-refractivity contribution in [1.82, 2.24) is 4.72 Å². The van der Waals surface area contributed by atoms with Gasteiger partial charge >= 0.3 is 5.97 Å². The molecule has 0 aliphatic carbocycles. The highest BCUT2D eigenvalue weighted by molar-refractivity contribution is 7.89. The average molecular weight is 434 g/mol. The zero-order valence-corrected chi connectivity index (χ0v) is 18.2. The van der Waals surface area contributed by atoms with Crippen LogP contribution in [-0.2, 0) is 26.0 Å². The number of sulfonamides is 1. The standard InChI is InChI=1S/C22H27NO6S/c1-4-17-6-8-18(9-7-17)22(25)16(3)29-21(24)14-15-23-30(26,27)20-12-10-19(11-13-20)28-5-2/h6-13,16,23H,4-5,14-15H2,1-3H3. The minimum atomic E-state index is -3.76. The lowest BCUT2D eigenvalue weighted by molar-refractivity contribution is -0.146. The highest BCUT2D eigenvalue weighted by Gasteiger charge is 2.20. The summed E-state index contributed by atoms with van der Waals surface area (Å²) in [7, 11) is -3.76. The van der Waals surface area contributed by atoms with Crippen molar-refractivity contribution in [1.29, 1.82) is 0 Å². The lowest BCUT2D eigenvalue weighted by atomic mass is 10.0. The Morgan fingerprint density at radius 1 is 1.00 bits per heavy atom. The summed E-state index contributed by atoms with van der Waals surface area (Å²) in [6.07, 6.45) is -0.276. The minimum absolute atomic E-state index is 0.0680. The fourth-order valence-corrected chi connectivity index (χ4v) is 3.73. The molecule has 162 valence electrons. The van der Waals surface area contributed by atoms with Crippen LogP contribution in [0.3, 0.4) is 0 Å². The fraction of sp³-hybridized carbons (Fsp3) is 0.364. The first-order valence-corrected chi connectivity index (χ1v) is 11.3. The van der Waals surface area contributed by atoms with Gasteiger partial charge < -0.3 is 9.47 Å². The van der Waals surface area contributed by atoms with E-state index in [2.05, 4.69) is 4.72 Å². The zero-order chi connectivity index (χ0) is 22.1. The maximum atomic E-state index is 12.4. The van der Waals surface area contributed by atoms with Crippen molar-refractivity contribution in [2.45, 2.75) is 44.6 Å². The second-order valence-corrected chi connectivity index (χ2v) is 8.37. The number of esters is 1. The molecule has 7 nitrogen and oxygen atoms in total. The van der Waals surface area contributed by atoms with Crippen LogP contribution in [0.1, 0.15) is 43.1 Å². The van der Waals surface area contributed by atoms with Crippen molar-refractivity contribution in [3.63, 3.8) is 0 Å². The number of Topliss-reactive ketones (excluding diaryl/α,β-unsaturated/α-hetero) is 1. The Hall–Kier alpha value is -2.71. The van der Waals surface area contributed by atoms with Crippen molar-refractivity contribution in [2.24, 2.45) is 0 Å². The molecule has 0 amide bonds. The van der Waals surface area contributed by atoms with E-state index in [9.17, 15) is 18.0 Å². The Morgan fingerprint density at radius 3 is 2.20 bits per heavy atom. The van der Waals surface area contributed by atoms with Crippen LogP contribution in [0.5, 0.6) is 5.75 Å². The Kier molecular flexibility index (Phi) is 8.56. The molecule has 0 spiro atoms. The Labute approximate surface area is 177 Å². The Morgan fingerprint density at radius 2 is 1.63 bits per heavy atom. The summed E-state index contributed by atoms with van der Waals surface area (Å²) < 4.78 is 37.4. The van der Waals surface area contributed by atoms with Crippen molar-refractivity contribution in [3.05, 3.63) is 59.7 Å². The summed E-state index contributed by atoms with van der Waals surface area (Å²) in [6, 6.07) is 13.1. The van der Waals surface area contributed by atoms with Crippen LogP contribution < -0.4 is 9.46 Å². The molecule has 0 radical (unpaired) electrons. The molecule has 2 rings (SSSR count). The van der Waals surface area contributed by atoms with Crippen LogP contribution >= 0.6 is 0 Å². The van der Waals surface area contributed by atoms with Gasteiger partial charge in [0.25, 0.3) is 0 Å². The van der Waals surface area contributed by atoms with E-state index in [0.29, 0.717) is 17.9 Å². The first-order chi connectivity index (χ1) is 14.3. The van der Waals surface area contributed by atoms with Gasteiger partial charge in [-0.25, -0.2) is 13.1 Å². The highest BCUT2D eigenvalue weighted by atomic mass is 32.2. The number of rotatable bonds is 11. The van der Waals surface area contributed by atoms with Crippen LogP contribution in [-0.4, -0.2) is 39.4 Å². The maximum absolute atomic E-state index is 12.4. The second kappa shape index (κ2) is 10.9. The molecule has 30 heavy (non-hydrogen) atoms. The smallest absolute Gasteiger partial charge is 0.307 e. The second-order valence-electron chi connectivity index (χ2n) is 6.60. The van der Waals surface area contributed by atoms with Gasteiger partial charge in [0.05, 0.1) is 17.9 Å². The Balaban J connectivity index is 1.83.